The van der Waals surface area contributed by atoms with Gasteiger partial charge in [0.1, 0.15) is 30.0 Å². The second kappa shape index (κ2) is 14.1. The Bertz CT molecular complexity index is 1170. The lowest BCUT2D eigenvalue weighted by Crippen LogP contribution is -2.39. The maximum atomic E-state index is 13.6. The van der Waals surface area contributed by atoms with Gasteiger partial charge in [0.05, 0.1) is 32.4 Å². The van der Waals surface area contributed by atoms with Crippen LogP contribution in [0.5, 0.6) is 11.5 Å². The molecule has 1 unspecified atom stereocenters. The standard InChI is InChI=1S/C29H32FNO6/c1-21-17-22(9-14-28(21)30)18-27(29(33)35-3)23-10-12-25(13-11-23)36-20-24(32)19-31(15-16-34-2)37-26-7-5-4-6-8-26/h4-14,17-18,24,32H,15-16,19-20H2,1-3H3/b27-18+. The van der Waals surface area contributed by atoms with Gasteiger partial charge in [-0.1, -0.05) is 36.4 Å². The molecule has 3 rings (SSSR count). The van der Waals surface area contributed by atoms with Crippen LogP contribution in [-0.4, -0.2) is 62.8 Å². The molecule has 0 heterocycles. The van der Waals surface area contributed by atoms with Gasteiger partial charge in [0.15, 0.2) is 0 Å². The number of hydrogen-bond donors (Lipinski definition) is 1. The third-order valence-electron chi connectivity index (χ3n) is 5.44. The van der Waals surface area contributed by atoms with Crippen LogP contribution < -0.4 is 9.57 Å². The minimum Gasteiger partial charge on any atom is -0.491 e. The number of nitrogens with zero attached hydrogens (tertiary/aromatic N) is 1. The molecule has 0 bridgehead atoms. The molecule has 0 saturated heterocycles. The van der Waals surface area contributed by atoms with E-state index in [1.165, 1.54) is 13.2 Å². The topological polar surface area (TPSA) is 77.5 Å². The first-order valence-corrected chi connectivity index (χ1v) is 11.8. The third kappa shape index (κ3) is 8.71. The summed E-state index contributed by atoms with van der Waals surface area (Å²) in [6.07, 6.45) is 0.826. The van der Waals surface area contributed by atoms with Gasteiger partial charge in [-0.15, -0.1) is 5.06 Å². The molecule has 0 radical (unpaired) electrons. The van der Waals surface area contributed by atoms with Gasteiger partial charge in [-0.3, -0.25) is 0 Å². The molecule has 0 aliphatic rings. The maximum absolute atomic E-state index is 13.6. The molecule has 0 aromatic heterocycles. The number of aliphatic hydroxyl groups is 1. The number of benzene rings is 3. The summed E-state index contributed by atoms with van der Waals surface area (Å²) in [4.78, 5) is 18.3. The second-order valence-electron chi connectivity index (χ2n) is 8.33. The van der Waals surface area contributed by atoms with Crippen LogP contribution >= 0.6 is 0 Å². The molecule has 8 heteroatoms. The lowest BCUT2D eigenvalue weighted by atomic mass is 10.0. The van der Waals surface area contributed by atoms with Crippen LogP contribution in [0.1, 0.15) is 16.7 Å². The Morgan fingerprint density at radius 2 is 1.76 bits per heavy atom. The number of hydroxylamine groups is 2. The van der Waals surface area contributed by atoms with Crippen molar-refractivity contribution in [1.82, 2.24) is 5.06 Å². The van der Waals surface area contributed by atoms with Crippen molar-refractivity contribution in [3.05, 3.63) is 95.3 Å². The van der Waals surface area contributed by atoms with Gasteiger partial charge in [0.25, 0.3) is 0 Å². The van der Waals surface area contributed by atoms with E-state index < -0.39 is 12.1 Å². The third-order valence-corrected chi connectivity index (χ3v) is 5.44. The minimum absolute atomic E-state index is 0.0372. The number of hydrogen-bond acceptors (Lipinski definition) is 7. The monoisotopic (exact) mass is 509 g/mol. The van der Waals surface area contributed by atoms with E-state index in [0.29, 0.717) is 46.9 Å². The molecular weight excluding hydrogens is 477 g/mol. The predicted octanol–water partition coefficient (Wildman–Crippen LogP) is 4.53. The molecule has 7 nitrogen and oxygen atoms in total. The summed E-state index contributed by atoms with van der Waals surface area (Å²) < 4.78 is 29.4. The highest BCUT2D eigenvalue weighted by Gasteiger charge is 2.16. The van der Waals surface area contributed by atoms with Crippen molar-refractivity contribution in [2.75, 3.05) is 40.5 Å². The van der Waals surface area contributed by atoms with E-state index in [9.17, 15) is 14.3 Å². The Morgan fingerprint density at radius 3 is 2.41 bits per heavy atom. The quantitative estimate of drug-likeness (QED) is 0.157. The number of carbonyl (C=O) groups is 1. The molecule has 3 aromatic rings. The van der Waals surface area contributed by atoms with E-state index in [2.05, 4.69) is 0 Å². The highest BCUT2D eigenvalue weighted by Crippen LogP contribution is 2.24. The summed E-state index contributed by atoms with van der Waals surface area (Å²) in [6.45, 7) is 2.82. The minimum atomic E-state index is -0.826. The van der Waals surface area contributed by atoms with Crippen molar-refractivity contribution in [3.63, 3.8) is 0 Å². The molecule has 0 aliphatic carbocycles. The molecular formula is C29H32FNO6. The average Bonchev–Trinajstić information content (AvgIpc) is 2.91. The zero-order valence-electron chi connectivity index (χ0n) is 21.2. The van der Waals surface area contributed by atoms with Gasteiger partial charge in [-0.2, -0.15) is 0 Å². The van der Waals surface area contributed by atoms with Gasteiger partial charge in [0, 0.05) is 7.11 Å². The Balaban J connectivity index is 1.63. The van der Waals surface area contributed by atoms with Gasteiger partial charge in [0.2, 0.25) is 0 Å². The van der Waals surface area contributed by atoms with Gasteiger partial charge >= 0.3 is 5.97 Å². The first-order valence-electron chi connectivity index (χ1n) is 11.8. The number of halogens is 1. The average molecular weight is 510 g/mol. The Morgan fingerprint density at radius 1 is 1.03 bits per heavy atom. The number of carbonyl (C=O) groups excluding carboxylic acids is 1. The number of rotatable bonds is 13. The fourth-order valence-electron chi connectivity index (χ4n) is 3.50. The van der Waals surface area contributed by atoms with E-state index in [4.69, 9.17) is 19.0 Å². The van der Waals surface area contributed by atoms with Crippen molar-refractivity contribution in [2.24, 2.45) is 0 Å². The maximum Gasteiger partial charge on any atom is 0.338 e. The van der Waals surface area contributed by atoms with Crippen molar-refractivity contribution >= 4 is 17.6 Å². The van der Waals surface area contributed by atoms with Crippen molar-refractivity contribution in [3.8, 4) is 11.5 Å². The highest BCUT2D eigenvalue weighted by molar-refractivity contribution is 6.21. The second-order valence-corrected chi connectivity index (χ2v) is 8.33. The number of esters is 1. The van der Waals surface area contributed by atoms with E-state index in [1.54, 1.807) is 61.6 Å². The number of ether oxygens (including phenoxy) is 3. The molecule has 0 amide bonds. The summed E-state index contributed by atoms with van der Waals surface area (Å²) >= 11 is 0. The van der Waals surface area contributed by atoms with Crippen molar-refractivity contribution in [1.29, 1.82) is 0 Å². The largest absolute Gasteiger partial charge is 0.491 e. The lowest BCUT2D eigenvalue weighted by Gasteiger charge is -2.24. The van der Waals surface area contributed by atoms with Crippen molar-refractivity contribution < 1.29 is 33.3 Å². The number of aliphatic hydroxyl groups excluding tert-OH is 1. The van der Waals surface area contributed by atoms with Gasteiger partial charge < -0.3 is 24.2 Å². The number of para-hydroxylation sites is 1. The van der Waals surface area contributed by atoms with E-state index in [1.807, 2.05) is 30.3 Å². The zero-order valence-corrected chi connectivity index (χ0v) is 21.2. The van der Waals surface area contributed by atoms with Crippen molar-refractivity contribution in [2.45, 2.75) is 13.0 Å². The molecule has 0 fully saturated rings. The molecule has 1 atom stereocenters. The molecule has 0 aliphatic heterocycles. The van der Waals surface area contributed by atoms with E-state index in [0.717, 1.165) is 0 Å². The number of methoxy groups -OCH3 is 2. The van der Waals surface area contributed by atoms with E-state index in [-0.39, 0.29) is 19.0 Å². The van der Waals surface area contributed by atoms with Gasteiger partial charge in [-0.25, -0.2) is 9.18 Å². The molecule has 0 spiro atoms. The zero-order chi connectivity index (χ0) is 26.6. The summed E-state index contributed by atoms with van der Waals surface area (Å²) in [5.41, 5.74) is 2.10. The Labute approximate surface area is 216 Å². The Hall–Kier alpha value is -3.72. The van der Waals surface area contributed by atoms with Crippen LogP contribution in [0.4, 0.5) is 4.39 Å². The van der Waals surface area contributed by atoms with Gasteiger partial charge in [-0.05, 0) is 66.1 Å². The molecule has 0 saturated carbocycles. The normalized spacial score (nSPS) is 12.3. The molecule has 37 heavy (non-hydrogen) atoms. The molecule has 1 N–H and O–H groups in total. The van der Waals surface area contributed by atoms with Crippen LogP contribution in [0.2, 0.25) is 0 Å². The van der Waals surface area contributed by atoms with Crippen LogP contribution in [0, 0.1) is 12.7 Å². The van der Waals surface area contributed by atoms with Crippen LogP contribution in [0.3, 0.4) is 0 Å². The fraction of sp³-hybridized carbons (Fsp3) is 0.276. The van der Waals surface area contributed by atoms with Crippen LogP contribution in [0.15, 0.2) is 72.8 Å². The first kappa shape index (κ1) is 27.9. The Kier molecular flexibility index (Phi) is 10.6. The summed E-state index contributed by atoms with van der Waals surface area (Å²) in [6, 6.07) is 20.8. The van der Waals surface area contributed by atoms with Crippen LogP contribution in [0.25, 0.3) is 11.6 Å². The lowest BCUT2D eigenvalue weighted by molar-refractivity contribution is -0.133. The predicted molar refractivity (Wildman–Crippen MR) is 139 cm³/mol. The summed E-state index contributed by atoms with van der Waals surface area (Å²) in [7, 11) is 2.91. The summed E-state index contributed by atoms with van der Waals surface area (Å²) in [5, 5.41) is 12.2. The van der Waals surface area contributed by atoms with E-state index >= 15 is 0 Å². The number of aryl methyl sites for hydroxylation is 1. The highest BCUT2D eigenvalue weighted by atomic mass is 19.1. The smallest absolute Gasteiger partial charge is 0.338 e. The van der Waals surface area contributed by atoms with Crippen LogP contribution in [-0.2, 0) is 14.3 Å². The first-order chi connectivity index (χ1) is 17.9. The molecule has 3 aromatic carbocycles. The summed E-state index contributed by atoms with van der Waals surface area (Å²) in [5.74, 6) is 0.360. The SMILES string of the molecule is COCCN(CC(O)COc1ccc(/C(=C\c2ccc(F)c(C)c2)C(=O)OC)cc1)Oc1ccccc1. The molecule has 196 valence electrons. The fourth-order valence-corrected chi connectivity index (χ4v) is 3.50.